The van der Waals surface area contributed by atoms with Crippen LogP contribution < -0.4 is 18.8 Å². The van der Waals surface area contributed by atoms with E-state index >= 15 is 0 Å². The van der Waals surface area contributed by atoms with Crippen molar-refractivity contribution in [1.29, 1.82) is 0 Å². The molecule has 156 valence electrons. The van der Waals surface area contributed by atoms with Gasteiger partial charge in [0.15, 0.2) is 17.5 Å². The molecule has 3 aromatic heterocycles. The van der Waals surface area contributed by atoms with E-state index < -0.39 is 0 Å². The molecule has 6 aromatic rings. The summed E-state index contributed by atoms with van der Waals surface area (Å²) in [5, 5.41) is 2.49. The first-order valence-electron chi connectivity index (χ1n) is 11.2. The maximum absolute atomic E-state index is 6.60. The lowest BCUT2D eigenvalue weighted by Gasteiger charge is -2.35. The zero-order chi connectivity index (χ0) is 21.8. The molecule has 1 atom stereocenters. The third kappa shape index (κ3) is 1.43. The van der Waals surface area contributed by atoms with E-state index in [-0.39, 0.29) is 0 Å². The van der Waals surface area contributed by atoms with Crippen molar-refractivity contribution in [1.82, 2.24) is 19.2 Å². The minimum atomic E-state index is 0.309. The van der Waals surface area contributed by atoms with E-state index in [1.54, 1.807) is 6.33 Å². The number of benzene rings is 3. The van der Waals surface area contributed by atoms with Gasteiger partial charge >= 0.3 is 17.2 Å². The van der Waals surface area contributed by atoms with Gasteiger partial charge in [-0.3, -0.25) is 0 Å². The van der Waals surface area contributed by atoms with Gasteiger partial charge in [0.25, 0.3) is 18.3 Å². The summed E-state index contributed by atoms with van der Waals surface area (Å²) in [7, 11) is 0. The number of fused-ring (bicyclic) bond motifs is 3. The second kappa shape index (κ2) is 4.96. The predicted octanol–water partition coefficient (Wildman–Crippen LogP) is 4.58. The number of rotatable bonds is 0. The number of hydrogen-bond donors (Lipinski definition) is 0. The quantitative estimate of drug-likeness (QED) is 0.247. The zero-order valence-corrected chi connectivity index (χ0v) is 18.3. The number of hydrogen-bond acceptors (Lipinski definition) is 4. The monoisotopic (exact) mass is 457 g/mol. The number of para-hydroxylation sites is 2. The van der Waals surface area contributed by atoms with Crippen molar-refractivity contribution in [2.75, 3.05) is 0 Å². The largest absolute Gasteiger partial charge is 0.444 e. The summed E-state index contributed by atoms with van der Waals surface area (Å²) in [6, 6.07) is 21.5. The molecule has 0 radical (unpaired) electrons. The van der Waals surface area contributed by atoms with Crippen molar-refractivity contribution in [3.05, 3.63) is 79.5 Å². The SMILES string of the molecule is c1cc2c3c(c1)-c1ncnc[n+]1[N+]31c3c(ccc4c3-n3c5c(cccc5c5ccc[n+]1c53)S4)O2. The summed E-state index contributed by atoms with van der Waals surface area (Å²) in [4.78, 5) is 11.7. The zero-order valence-electron chi connectivity index (χ0n) is 17.5. The highest BCUT2D eigenvalue weighted by Gasteiger charge is 2.67. The van der Waals surface area contributed by atoms with Crippen molar-refractivity contribution in [3.63, 3.8) is 0 Å². The predicted molar refractivity (Wildman–Crippen MR) is 125 cm³/mol. The Kier molecular flexibility index (Phi) is 2.39. The minimum absolute atomic E-state index is 0.309. The van der Waals surface area contributed by atoms with E-state index in [0.29, 0.717) is 4.70 Å². The summed E-state index contributed by atoms with van der Waals surface area (Å²) < 4.78 is 13.9. The molecule has 0 amide bonds. The van der Waals surface area contributed by atoms with Crippen LogP contribution in [0.2, 0.25) is 0 Å². The third-order valence-corrected chi connectivity index (χ3v) is 8.64. The molecule has 0 saturated heterocycles. The van der Waals surface area contributed by atoms with E-state index in [1.807, 2.05) is 24.2 Å². The molecule has 4 aliphatic rings. The number of ether oxygens (including phenoxy) is 1. The first-order valence-corrected chi connectivity index (χ1v) is 12.0. The first-order chi connectivity index (χ1) is 16.9. The fourth-order valence-electron chi connectivity index (χ4n) is 6.45. The fourth-order valence-corrected chi connectivity index (χ4v) is 7.55. The minimum Gasteiger partial charge on any atom is -0.444 e. The second-order valence-corrected chi connectivity index (χ2v) is 10.1. The van der Waals surface area contributed by atoms with Crippen LogP contribution in [0.3, 0.4) is 0 Å². The molecule has 0 bridgehead atoms. The lowest BCUT2D eigenvalue weighted by molar-refractivity contribution is -1.03. The molecule has 0 fully saturated rings. The van der Waals surface area contributed by atoms with Gasteiger partial charge < -0.3 is 4.74 Å². The lowest BCUT2D eigenvalue weighted by atomic mass is 10.1. The van der Waals surface area contributed by atoms with Crippen LogP contribution in [0, 0.1) is 0 Å². The Morgan fingerprint density at radius 1 is 0.853 bits per heavy atom. The molecule has 1 unspecified atom stereocenters. The van der Waals surface area contributed by atoms with Crippen LogP contribution in [0.4, 0.5) is 11.4 Å². The van der Waals surface area contributed by atoms with Crippen molar-refractivity contribution in [2.45, 2.75) is 9.79 Å². The normalized spacial score (nSPS) is 18.8. The molecular weight excluding hydrogens is 444 g/mol. The Balaban J connectivity index is 1.59. The molecule has 1 spiro atoms. The van der Waals surface area contributed by atoms with Crippen molar-refractivity contribution < 1.29 is 14.1 Å². The summed E-state index contributed by atoms with van der Waals surface area (Å²) in [5.41, 5.74) is 6.80. The van der Waals surface area contributed by atoms with Crippen LogP contribution in [0.1, 0.15) is 0 Å². The summed E-state index contributed by atoms with van der Waals surface area (Å²) in [5.74, 6) is 2.57. The highest BCUT2D eigenvalue weighted by atomic mass is 32.2. The number of pyridine rings is 1. The molecule has 3 aromatic carbocycles. The molecule has 8 heteroatoms. The van der Waals surface area contributed by atoms with Gasteiger partial charge in [0.05, 0.1) is 19.9 Å². The Morgan fingerprint density at radius 3 is 2.76 bits per heavy atom. The fraction of sp³-hybridized carbons (Fsp3) is 0. The van der Waals surface area contributed by atoms with Gasteiger partial charge in [-0.05, 0) is 57.9 Å². The second-order valence-electron chi connectivity index (χ2n) is 8.97. The van der Waals surface area contributed by atoms with Crippen molar-refractivity contribution in [3.8, 4) is 28.6 Å². The van der Waals surface area contributed by atoms with Crippen LogP contribution in [0.5, 0.6) is 11.5 Å². The Labute approximate surface area is 196 Å². The Morgan fingerprint density at radius 2 is 1.76 bits per heavy atom. The first kappa shape index (κ1) is 16.4. The van der Waals surface area contributed by atoms with Gasteiger partial charge in [0, 0.05) is 5.39 Å². The number of quaternary nitrogens is 1. The van der Waals surface area contributed by atoms with E-state index in [1.165, 1.54) is 31.8 Å². The van der Waals surface area contributed by atoms with Crippen molar-refractivity contribution in [2.24, 2.45) is 0 Å². The average molecular weight is 457 g/mol. The molecule has 0 saturated carbocycles. The molecule has 7 nitrogen and oxygen atoms in total. The van der Waals surface area contributed by atoms with Gasteiger partial charge in [-0.1, -0.05) is 33.9 Å². The molecular formula is C26H13N6OS+3. The topological polar surface area (TPSA) is 47.7 Å². The Bertz CT molecular complexity index is 2000. The number of aromatic nitrogens is 5. The highest BCUT2D eigenvalue weighted by Crippen LogP contribution is 2.62. The average Bonchev–Trinajstić information content (AvgIpc) is 3.38. The number of nitrogens with zero attached hydrogens (tertiary/aromatic N) is 6. The van der Waals surface area contributed by atoms with Crippen molar-refractivity contribution >= 4 is 45.1 Å². The van der Waals surface area contributed by atoms with E-state index in [2.05, 4.69) is 79.7 Å². The lowest BCUT2D eigenvalue weighted by Crippen LogP contribution is -2.84. The van der Waals surface area contributed by atoms with Gasteiger partial charge in [-0.15, -0.1) is 0 Å². The maximum Gasteiger partial charge on any atom is 0.350 e. The van der Waals surface area contributed by atoms with Crippen LogP contribution in [0.25, 0.3) is 39.0 Å². The molecule has 0 aliphatic carbocycles. The Hall–Kier alpha value is -4.27. The molecule has 7 heterocycles. The van der Waals surface area contributed by atoms with Crippen LogP contribution in [-0.2, 0) is 0 Å². The molecule has 10 rings (SSSR count). The summed E-state index contributed by atoms with van der Waals surface area (Å²) >= 11 is 1.83. The summed E-state index contributed by atoms with van der Waals surface area (Å²) in [6.45, 7) is 0. The van der Waals surface area contributed by atoms with Gasteiger partial charge in [0.2, 0.25) is 11.4 Å². The van der Waals surface area contributed by atoms with Crippen LogP contribution in [-0.4, -0.2) is 14.5 Å². The van der Waals surface area contributed by atoms with Gasteiger partial charge in [0.1, 0.15) is 5.56 Å². The smallest absolute Gasteiger partial charge is 0.350 e. The van der Waals surface area contributed by atoms with Gasteiger partial charge in [-0.2, -0.15) is 4.57 Å². The van der Waals surface area contributed by atoms with Crippen LogP contribution >= 0.6 is 11.8 Å². The molecule has 34 heavy (non-hydrogen) atoms. The summed E-state index contributed by atoms with van der Waals surface area (Å²) in [6.07, 6.45) is 5.69. The van der Waals surface area contributed by atoms with Crippen LogP contribution in [0.15, 0.2) is 89.3 Å². The standard InChI is InChI=1S/C26H13N6OS/c1-5-16-23-17(7-1)33-18-9-10-20-22-24(18)32(23,30-13-27-12-28-25(16)30)29-11-3-6-15-14-4-2-8-19(34-20)21(14)31(22)26(15)29/h1-13H/q+3. The maximum atomic E-state index is 6.60. The molecule has 0 N–H and O–H groups in total. The highest BCUT2D eigenvalue weighted by molar-refractivity contribution is 7.99. The van der Waals surface area contributed by atoms with E-state index in [4.69, 9.17) is 9.72 Å². The van der Waals surface area contributed by atoms with E-state index in [9.17, 15) is 0 Å². The third-order valence-electron chi connectivity index (χ3n) is 7.54. The van der Waals surface area contributed by atoms with E-state index in [0.717, 1.165) is 39.9 Å². The van der Waals surface area contributed by atoms with Gasteiger partial charge in [-0.25, -0.2) is 0 Å². The molecule has 4 aliphatic heterocycles.